The number of fused-ring (bicyclic) bond motifs is 1. The van der Waals surface area contributed by atoms with Gasteiger partial charge in [0.25, 0.3) is 5.91 Å². The van der Waals surface area contributed by atoms with Gasteiger partial charge < -0.3 is 10.6 Å². The van der Waals surface area contributed by atoms with Crippen molar-refractivity contribution in [3.8, 4) is 0 Å². The summed E-state index contributed by atoms with van der Waals surface area (Å²) in [7, 11) is -3.25. The molecule has 0 saturated heterocycles. The van der Waals surface area contributed by atoms with Gasteiger partial charge in [-0.05, 0) is 17.7 Å². The summed E-state index contributed by atoms with van der Waals surface area (Å²) < 4.78 is 24.0. The van der Waals surface area contributed by atoms with Crippen molar-refractivity contribution in [1.29, 1.82) is 0 Å². The van der Waals surface area contributed by atoms with Crippen LogP contribution < -0.4 is 15.4 Å². The summed E-state index contributed by atoms with van der Waals surface area (Å²) in [6.07, 6.45) is 1.38. The molecule has 108 valence electrons. The van der Waals surface area contributed by atoms with Crippen molar-refractivity contribution in [3.63, 3.8) is 0 Å². The van der Waals surface area contributed by atoms with E-state index in [9.17, 15) is 18.0 Å². The zero-order valence-electron chi connectivity index (χ0n) is 10.9. The average Bonchev–Trinajstić information content (AvgIpc) is 2.72. The van der Waals surface area contributed by atoms with Crippen LogP contribution in [0.15, 0.2) is 18.2 Å². The topological polar surface area (TPSA) is 104 Å². The summed E-state index contributed by atoms with van der Waals surface area (Å²) in [6, 6.07) is 4.98. The van der Waals surface area contributed by atoms with Crippen LogP contribution in [-0.4, -0.2) is 39.6 Å². The smallest absolute Gasteiger partial charge is 0.251 e. The lowest BCUT2D eigenvalue weighted by molar-refractivity contribution is -0.115. The van der Waals surface area contributed by atoms with Gasteiger partial charge in [0, 0.05) is 24.3 Å². The Morgan fingerprint density at radius 2 is 2.10 bits per heavy atom. The maximum absolute atomic E-state index is 11.8. The van der Waals surface area contributed by atoms with E-state index in [1.165, 1.54) is 0 Å². The van der Waals surface area contributed by atoms with Crippen molar-refractivity contribution < 1.29 is 18.0 Å². The molecule has 1 aromatic rings. The van der Waals surface area contributed by atoms with Gasteiger partial charge in [-0.25, -0.2) is 13.1 Å². The standard InChI is InChI=1S/C12H15N3O4S/c1-20(18,19)14-5-4-13-12(17)9-3-2-8-7-11(16)15-10(8)6-9/h2-3,6,14H,4-5,7H2,1H3,(H,13,17)(H,15,16). The van der Waals surface area contributed by atoms with Gasteiger partial charge in [-0.1, -0.05) is 6.07 Å². The molecule has 3 N–H and O–H groups in total. The molecule has 1 aliphatic heterocycles. The number of amides is 2. The Balaban J connectivity index is 1.91. The molecule has 0 atom stereocenters. The minimum absolute atomic E-state index is 0.0880. The number of anilines is 1. The monoisotopic (exact) mass is 297 g/mol. The Morgan fingerprint density at radius 3 is 2.80 bits per heavy atom. The summed E-state index contributed by atoms with van der Waals surface area (Å²) >= 11 is 0. The minimum atomic E-state index is -3.25. The first-order valence-electron chi connectivity index (χ1n) is 6.01. The van der Waals surface area contributed by atoms with Gasteiger partial charge in [-0.15, -0.1) is 0 Å². The van der Waals surface area contributed by atoms with Crippen LogP contribution in [0.4, 0.5) is 5.69 Å². The van der Waals surface area contributed by atoms with Gasteiger partial charge >= 0.3 is 0 Å². The lowest BCUT2D eigenvalue weighted by atomic mass is 10.1. The largest absolute Gasteiger partial charge is 0.351 e. The second-order valence-electron chi connectivity index (χ2n) is 4.52. The number of nitrogens with one attached hydrogen (secondary N) is 3. The van der Waals surface area contributed by atoms with Gasteiger partial charge in [0.05, 0.1) is 12.7 Å². The van der Waals surface area contributed by atoms with Gasteiger partial charge in [0.1, 0.15) is 0 Å². The number of hydrogen-bond donors (Lipinski definition) is 3. The molecule has 2 amide bonds. The molecule has 0 bridgehead atoms. The molecular formula is C12H15N3O4S. The summed E-state index contributed by atoms with van der Waals surface area (Å²) in [4.78, 5) is 23.1. The summed E-state index contributed by atoms with van der Waals surface area (Å²) in [5.74, 6) is -0.404. The molecule has 0 spiro atoms. The number of sulfonamides is 1. The highest BCUT2D eigenvalue weighted by molar-refractivity contribution is 7.88. The third kappa shape index (κ3) is 3.78. The molecule has 0 fully saturated rings. The number of benzene rings is 1. The molecule has 1 heterocycles. The van der Waals surface area contributed by atoms with Crippen molar-refractivity contribution in [2.75, 3.05) is 24.7 Å². The molecule has 1 aliphatic rings. The number of hydrogen-bond acceptors (Lipinski definition) is 4. The van der Waals surface area contributed by atoms with E-state index in [2.05, 4.69) is 15.4 Å². The van der Waals surface area contributed by atoms with E-state index in [4.69, 9.17) is 0 Å². The zero-order chi connectivity index (χ0) is 14.8. The van der Waals surface area contributed by atoms with Crippen molar-refractivity contribution in [2.24, 2.45) is 0 Å². The quantitative estimate of drug-likeness (QED) is 0.635. The average molecular weight is 297 g/mol. The van der Waals surface area contributed by atoms with Crippen LogP contribution in [-0.2, 0) is 21.2 Å². The SMILES string of the molecule is CS(=O)(=O)NCCNC(=O)c1ccc2c(c1)NC(=O)C2. The van der Waals surface area contributed by atoms with Crippen LogP contribution in [0.5, 0.6) is 0 Å². The van der Waals surface area contributed by atoms with Gasteiger partial charge in [0.2, 0.25) is 15.9 Å². The van der Waals surface area contributed by atoms with Crippen LogP contribution in [0.2, 0.25) is 0 Å². The van der Waals surface area contributed by atoms with E-state index >= 15 is 0 Å². The van der Waals surface area contributed by atoms with E-state index in [0.717, 1.165) is 11.8 Å². The third-order valence-corrected chi connectivity index (χ3v) is 3.50. The molecule has 0 saturated carbocycles. The highest BCUT2D eigenvalue weighted by atomic mass is 32.2. The molecular weight excluding hydrogens is 282 g/mol. The molecule has 0 unspecified atom stereocenters. The molecule has 8 heteroatoms. The Bertz CT molecular complexity index is 655. The van der Waals surface area contributed by atoms with Gasteiger partial charge in [0.15, 0.2) is 0 Å². The van der Waals surface area contributed by atoms with Gasteiger partial charge in [-0.2, -0.15) is 0 Å². The van der Waals surface area contributed by atoms with Crippen molar-refractivity contribution in [3.05, 3.63) is 29.3 Å². The summed E-state index contributed by atoms with van der Waals surface area (Å²) in [5.41, 5.74) is 1.94. The van der Waals surface area contributed by atoms with Crippen LogP contribution in [0.3, 0.4) is 0 Å². The first kappa shape index (κ1) is 14.5. The zero-order valence-corrected chi connectivity index (χ0v) is 11.7. The fraction of sp³-hybridized carbons (Fsp3) is 0.333. The van der Waals surface area contributed by atoms with E-state index in [1.807, 2.05) is 0 Å². The van der Waals surface area contributed by atoms with E-state index in [1.54, 1.807) is 18.2 Å². The Hall–Kier alpha value is -1.93. The number of carbonyl (C=O) groups is 2. The van der Waals surface area contributed by atoms with E-state index in [0.29, 0.717) is 17.7 Å². The summed E-state index contributed by atoms with van der Waals surface area (Å²) in [5, 5.41) is 5.26. The Kier molecular flexibility index (Phi) is 4.05. The number of carbonyl (C=O) groups excluding carboxylic acids is 2. The predicted molar refractivity (Wildman–Crippen MR) is 74.0 cm³/mol. The molecule has 1 aromatic carbocycles. The van der Waals surface area contributed by atoms with E-state index < -0.39 is 10.0 Å². The molecule has 20 heavy (non-hydrogen) atoms. The molecule has 7 nitrogen and oxygen atoms in total. The first-order chi connectivity index (χ1) is 9.35. The predicted octanol–water partition coefficient (Wildman–Crippen LogP) is -0.540. The normalized spacial score (nSPS) is 13.8. The highest BCUT2D eigenvalue weighted by Crippen LogP contribution is 2.23. The molecule has 0 aliphatic carbocycles. The van der Waals surface area contributed by atoms with Crippen LogP contribution in [0.25, 0.3) is 0 Å². The lowest BCUT2D eigenvalue weighted by Gasteiger charge is -2.07. The lowest BCUT2D eigenvalue weighted by Crippen LogP contribution is -2.34. The molecule has 0 aromatic heterocycles. The first-order valence-corrected chi connectivity index (χ1v) is 7.90. The van der Waals surface area contributed by atoms with Crippen LogP contribution in [0, 0.1) is 0 Å². The second-order valence-corrected chi connectivity index (χ2v) is 6.35. The van der Waals surface area contributed by atoms with Gasteiger partial charge in [-0.3, -0.25) is 9.59 Å². The fourth-order valence-corrected chi connectivity index (χ4v) is 2.34. The maximum atomic E-state index is 11.8. The minimum Gasteiger partial charge on any atom is -0.351 e. The highest BCUT2D eigenvalue weighted by Gasteiger charge is 2.18. The van der Waals surface area contributed by atoms with E-state index in [-0.39, 0.29) is 24.9 Å². The van der Waals surface area contributed by atoms with Crippen LogP contribution in [0.1, 0.15) is 15.9 Å². The Labute approximate surface area is 116 Å². The third-order valence-electron chi connectivity index (χ3n) is 2.77. The second kappa shape index (κ2) is 5.59. The van der Waals surface area contributed by atoms with Crippen molar-refractivity contribution in [2.45, 2.75) is 6.42 Å². The maximum Gasteiger partial charge on any atom is 0.251 e. The fourth-order valence-electron chi connectivity index (χ4n) is 1.87. The summed E-state index contributed by atoms with van der Waals surface area (Å²) in [6.45, 7) is 0.321. The Morgan fingerprint density at radius 1 is 1.35 bits per heavy atom. The number of rotatable bonds is 5. The van der Waals surface area contributed by atoms with Crippen LogP contribution >= 0.6 is 0 Å². The molecule has 2 rings (SSSR count). The van der Waals surface area contributed by atoms with Crippen molar-refractivity contribution in [1.82, 2.24) is 10.0 Å². The molecule has 0 radical (unpaired) electrons. The van der Waals surface area contributed by atoms with Crippen molar-refractivity contribution >= 4 is 27.5 Å².